The molecule has 4 heteroatoms. The van der Waals surface area contributed by atoms with Crippen LogP contribution in [0.1, 0.15) is 56.7 Å². The van der Waals surface area contributed by atoms with E-state index in [-0.39, 0.29) is 0 Å². The third-order valence-corrected chi connectivity index (χ3v) is 2.94. The number of aromatic nitrogens is 3. The fourth-order valence-electron chi connectivity index (χ4n) is 1.96. The lowest BCUT2D eigenvalue weighted by Gasteiger charge is -2.07. The lowest BCUT2D eigenvalue weighted by molar-refractivity contribution is 0.613. The first-order chi connectivity index (χ1) is 7.36. The highest BCUT2D eigenvalue weighted by atomic mass is 15.3. The number of aryl methyl sites for hydroxylation is 1. The Hall–Kier alpha value is -0.900. The zero-order valence-electron chi connectivity index (χ0n) is 9.45. The molecule has 4 nitrogen and oxygen atoms in total. The molecule has 0 amide bonds. The minimum absolute atomic E-state index is 0.511. The highest BCUT2D eigenvalue weighted by Crippen LogP contribution is 2.36. The Kier molecular flexibility index (Phi) is 3.36. The Morgan fingerprint density at radius 1 is 1.27 bits per heavy atom. The zero-order valence-corrected chi connectivity index (χ0v) is 9.45. The summed E-state index contributed by atoms with van der Waals surface area (Å²) in [5.74, 6) is 2.11. The van der Waals surface area contributed by atoms with Crippen LogP contribution in [-0.4, -0.2) is 14.8 Å². The molecule has 2 N–H and O–H groups in total. The molecule has 0 saturated heterocycles. The van der Waals surface area contributed by atoms with Gasteiger partial charge in [0.05, 0.1) is 6.54 Å². The largest absolute Gasteiger partial charge is 0.324 e. The van der Waals surface area contributed by atoms with Crippen LogP contribution in [0.4, 0.5) is 0 Å². The van der Waals surface area contributed by atoms with Crippen LogP contribution in [0.2, 0.25) is 0 Å². The summed E-state index contributed by atoms with van der Waals surface area (Å²) in [6.45, 7) is 2.73. The fraction of sp³-hybridized carbons (Fsp3) is 0.818. The molecule has 0 unspecified atom stereocenters. The van der Waals surface area contributed by atoms with E-state index in [0.717, 1.165) is 18.1 Å². The van der Waals surface area contributed by atoms with Gasteiger partial charge in [0.1, 0.15) is 11.6 Å². The summed E-state index contributed by atoms with van der Waals surface area (Å²) in [7, 11) is 0. The van der Waals surface area contributed by atoms with Crippen LogP contribution in [0.25, 0.3) is 0 Å². The van der Waals surface area contributed by atoms with Crippen molar-refractivity contribution in [2.75, 3.05) is 0 Å². The quantitative estimate of drug-likeness (QED) is 0.725. The van der Waals surface area contributed by atoms with Crippen molar-refractivity contribution >= 4 is 0 Å². The van der Waals surface area contributed by atoms with Crippen molar-refractivity contribution in [2.45, 2.75) is 58.0 Å². The van der Waals surface area contributed by atoms with Crippen LogP contribution in [-0.2, 0) is 13.0 Å². The predicted octanol–water partition coefficient (Wildman–Crippen LogP) is 1.80. The molecular weight excluding hydrogens is 188 g/mol. The molecule has 1 aliphatic rings. The Morgan fingerprint density at radius 3 is 2.60 bits per heavy atom. The van der Waals surface area contributed by atoms with Gasteiger partial charge < -0.3 is 10.3 Å². The molecule has 1 aromatic rings. The van der Waals surface area contributed by atoms with E-state index in [1.807, 2.05) is 0 Å². The molecule has 0 aliphatic heterocycles. The monoisotopic (exact) mass is 208 g/mol. The second-order valence-electron chi connectivity index (χ2n) is 4.29. The van der Waals surface area contributed by atoms with Gasteiger partial charge in [-0.15, -0.1) is 10.2 Å². The first-order valence-corrected chi connectivity index (χ1v) is 5.99. The second-order valence-corrected chi connectivity index (χ2v) is 4.29. The summed E-state index contributed by atoms with van der Waals surface area (Å²) in [5.41, 5.74) is 5.66. The van der Waals surface area contributed by atoms with E-state index in [1.165, 1.54) is 32.1 Å². The van der Waals surface area contributed by atoms with Gasteiger partial charge in [0.2, 0.25) is 0 Å². The normalized spacial score (nSPS) is 15.9. The van der Waals surface area contributed by atoms with Crippen molar-refractivity contribution < 1.29 is 0 Å². The van der Waals surface area contributed by atoms with E-state index < -0.39 is 0 Å². The summed E-state index contributed by atoms with van der Waals surface area (Å²) in [6.07, 6.45) is 7.33. The van der Waals surface area contributed by atoms with Crippen LogP contribution in [0.5, 0.6) is 0 Å². The SMILES string of the molecule is CCCCCc1nnc(CN)n1C1CC1. The van der Waals surface area contributed by atoms with Crippen molar-refractivity contribution in [3.63, 3.8) is 0 Å². The van der Waals surface area contributed by atoms with Gasteiger partial charge in [-0.2, -0.15) is 0 Å². The lowest BCUT2D eigenvalue weighted by Crippen LogP contribution is -2.09. The average molecular weight is 208 g/mol. The number of nitrogens with two attached hydrogens (primary N) is 1. The van der Waals surface area contributed by atoms with Crippen LogP contribution in [0, 0.1) is 0 Å². The van der Waals surface area contributed by atoms with Crippen molar-refractivity contribution in [1.82, 2.24) is 14.8 Å². The third kappa shape index (κ3) is 2.37. The van der Waals surface area contributed by atoms with Crippen molar-refractivity contribution in [2.24, 2.45) is 5.73 Å². The van der Waals surface area contributed by atoms with E-state index in [4.69, 9.17) is 5.73 Å². The third-order valence-electron chi connectivity index (χ3n) is 2.94. The topological polar surface area (TPSA) is 56.7 Å². The molecule has 1 heterocycles. The maximum atomic E-state index is 5.66. The number of nitrogens with zero attached hydrogens (tertiary/aromatic N) is 3. The standard InChI is InChI=1S/C11H20N4/c1-2-3-4-5-10-13-14-11(8-12)15(10)9-6-7-9/h9H,2-8,12H2,1H3. The highest BCUT2D eigenvalue weighted by Gasteiger charge is 2.28. The van der Waals surface area contributed by atoms with Gasteiger partial charge in [-0.1, -0.05) is 19.8 Å². The van der Waals surface area contributed by atoms with Gasteiger partial charge in [0, 0.05) is 12.5 Å². The Morgan fingerprint density at radius 2 is 2.00 bits per heavy atom. The van der Waals surface area contributed by atoms with Gasteiger partial charge >= 0.3 is 0 Å². The van der Waals surface area contributed by atoms with Crippen LogP contribution < -0.4 is 5.73 Å². The average Bonchev–Trinajstić information content (AvgIpc) is 3.00. The predicted molar refractivity (Wildman–Crippen MR) is 59.4 cm³/mol. The first-order valence-electron chi connectivity index (χ1n) is 5.99. The first kappa shape index (κ1) is 10.6. The van der Waals surface area contributed by atoms with Crippen LogP contribution in [0.15, 0.2) is 0 Å². The van der Waals surface area contributed by atoms with Crippen molar-refractivity contribution in [3.05, 3.63) is 11.6 Å². The van der Waals surface area contributed by atoms with Gasteiger partial charge in [-0.05, 0) is 19.3 Å². The molecular formula is C11H20N4. The Bertz CT molecular complexity index is 314. The van der Waals surface area contributed by atoms with Crippen LogP contribution in [0.3, 0.4) is 0 Å². The highest BCUT2D eigenvalue weighted by molar-refractivity contribution is 5.02. The molecule has 0 spiro atoms. The maximum Gasteiger partial charge on any atom is 0.147 e. The van der Waals surface area contributed by atoms with Gasteiger partial charge in [0.15, 0.2) is 0 Å². The molecule has 1 fully saturated rings. The number of hydrogen-bond donors (Lipinski definition) is 1. The summed E-state index contributed by atoms with van der Waals surface area (Å²) in [4.78, 5) is 0. The van der Waals surface area contributed by atoms with E-state index in [0.29, 0.717) is 12.6 Å². The summed E-state index contributed by atoms with van der Waals surface area (Å²) < 4.78 is 2.27. The molecule has 1 aromatic heterocycles. The van der Waals surface area contributed by atoms with E-state index in [9.17, 15) is 0 Å². The molecule has 0 bridgehead atoms. The Balaban J connectivity index is 2.05. The molecule has 15 heavy (non-hydrogen) atoms. The van der Waals surface area contributed by atoms with Crippen molar-refractivity contribution in [3.8, 4) is 0 Å². The van der Waals surface area contributed by atoms with E-state index >= 15 is 0 Å². The maximum absolute atomic E-state index is 5.66. The molecule has 84 valence electrons. The smallest absolute Gasteiger partial charge is 0.147 e. The van der Waals surface area contributed by atoms with Crippen LogP contribution >= 0.6 is 0 Å². The van der Waals surface area contributed by atoms with Gasteiger partial charge in [-0.3, -0.25) is 0 Å². The summed E-state index contributed by atoms with van der Waals surface area (Å²) >= 11 is 0. The lowest BCUT2D eigenvalue weighted by atomic mass is 10.2. The molecule has 0 atom stereocenters. The van der Waals surface area contributed by atoms with Gasteiger partial charge in [0.25, 0.3) is 0 Å². The zero-order chi connectivity index (χ0) is 10.7. The summed E-state index contributed by atoms with van der Waals surface area (Å²) in [5, 5.41) is 8.42. The Labute approximate surface area is 90.9 Å². The second kappa shape index (κ2) is 4.75. The van der Waals surface area contributed by atoms with Crippen molar-refractivity contribution in [1.29, 1.82) is 0 Å². The molecule has 1 aliphatic carbocycles. The molecule has 0 radical (unpaired) electrons. The number of hydrogen-bond acceptors (Lipinski definition) is 3. The minimum Gasteiger partial charge on any atom is -0.324 e. The number of rotatable bonds is 6. The molecule has 0 aromatic carbocycles. The van der Waals surface area contributed by atoms with Gasteiger partial charge in [-0.25, -0.2) is 0 Å². The molecule has 1 saturated carbocycles. The van der Waals surface area contributed by atoms with E-state index in [1.54, 1.807) is 0 Å². The molecule has 2 rings (SSSR count). The van der Waals surface area contributed by atoms with E-state index in [2.05, 4.69) is 21.7 Å². The minimum atomic E-state index is 0.511. The summed E-state index contributed by atoms with van der Waals surface area (Å²) in [6, 6.07) is 0.648. The number of unbranched alkanes of at least 4 members (excludes halogenated alkanes) is 2. The fourth-order valence-corrected chi connectivity index (χ4v) is 1.96.